The van der Waals surface area contributed by atoms with Gasteiger partial charge < -0.3 is 4.74 Å². The second-order valence-electron chi connectivity index (χ2n) is 2.70. The van der Waals surface area contributed by atoms with Gasteiger partial charge in [-0.2, -0.15) is 13.2 Å². The predicted molar refractivity (Wildman–Crippen MR) is 40.7 cm³/mol. The second kappa shape index (κ2) is 4.18. The van der Waals surface area contributed by atoms with E-state index in [1.165, 1.54) is 0 Å². The fraction of sp³-hybridized carbons (Fsp3) is 0.375. The fourth-order valence-electron chi connectivity index (χ4n) is 1.14. The van der Waals surface area contributed by atoms with E-state index in [0.29, 0.717) is 0 Å². The Morgan fingerprint density at radius 1 is 1.31 bits per heavy atom. The Labute approximate surface area is 85.9 Å². The van der Waals surface area contributed by atoms with Crippen molar-refractivity contribution in [2.24, 2.45) is 0 Å². The summed E-state index contributed by atoms with van der Waals surface area (Å²) in [6.07, 6.45) is -8.57. The molecule has 0 aliphatic heterocycles. The first-order valence-corrected chi connectivity index (χ1v) is 3.86. The number of halogens is 6. The number of alkyl halides is 5. The van der Waals surface area contributed by atoms with Gasteiger partial charge >= 0.3 is 6.18 Å². The molecule has 0 amide bonds. The molecule has 8 heteroatoms. The first-order valence-electron chi connectivity index (χ1n) is 3.86. The molecule has 0 aliphatic rings. The van der Waals surface area contributed by atoms with Crippen LogP contribution in [0.25, 0.3) is 0 Å². The van der Waals surface area contributed by atoms with Gasteiger partial charge in [0.2, 0.25) is 5.88 Å². The van der Waals surface area contributed by atoms with Crippen LogP contribution in [0.3, 0.4) is 0 Å². The molecule has 0 fully saturated rings. The second-order valence-corrected chi connectivity index (χ2v) is 2.70. The van der Waals surface area contributed by atoms with Gasteiger partial charge in [0.25, 0.3) is 6.43 Å². The van der Waals surface area contributed by atoms with Crippen LogP contribution >= 0.6 is 0 Å². The maximum Gasteiger partial charge on any atom is 0.419 e. The topological polar surface area (TPSA) is 22.1 Å². The van der Waals surface area contributed by atoms with Gasteiger partial charge in [0, 0.05) is 0 Å². The van der Waals surface area contributed by atoms with Crippen molar-refractivity contribution in [3.05, 3.63) is 23.1 Å². The third-order valence-electron chi connectivity index (χ3n) is 1.73. The zero-order valence-corrected chi connectivity index (χ0v) is 7.78. The molecule has 0 saturated heterocycles. The van der Waals surface area contributed by atoms with Gasteiger partial charge in [-0.1, -0.05) is 0 Å². The number of hydrogen-bond donors (Lipinski definition) is 0. The van der Waals surface area contributed by atoms with Crippen LogP contribution in [-0.4, -0.2) is 12.1 Å². The summed E-state index contributed by atoms with van der Waals surface area (Å²) in [4.78, 5) is 3.01. The third-order valence-corrected chi connectivity index (χ3v) is 1.73. The highest BCUT2D eigenvalue weighted by atomic mass is 19.4. The van der Waals surface area contributed by atoms with Crippen molar-refractivity contribution in [1.82, 2.24) is 4.98 Å². The molecule has 0 bridgehead atoms. The Morgan fingerprint density at radius 2 is 1.88 bits per heavy atom. The van der Waals surface area contributed by atoms with Crippen LogP contribution in [0.15, 0.2) is 6.20 Å². The van der Waals surface area contributed by atoms with Crippen LogP contribution in [0.1, 0.15) is 17.6 Å². The molecule has 1 heterocycles. The van der Waals surface area contributed by atoms with Gasteiger partial charge in [0.05, 0.1) is 18.9 Å². The van der Waals surface area contributed by atoms with Crippen molar-refractivity contribution < 1.29 is 31.1 Å². The largest absolute Gasteiger partial charge is 0.481 e. The number of pyridine rings is 1. The monoisotopic (exact) mass is 245 g/mol. The summed E-state index contributed by atoms with van der Waals surface area (Å²) >= 11 is 0. The van der Waals surface area contributed by atoms with Crippen LogP contribution in [0.2, 0.25) is 0 Å². The highest BCUT2D eigenvalue weighted by Crippen LogP contribution is 2.41. The van der Waals surface area contributed by atoms with Gasteiger partial charge in [-0.15, -0.1) is 0 Å². The molecule has 1 rings (SSSR count). The molecule has 0 aromatic carbocycles. The molecule has 16 heavy (non-hydrogen) atoms. The summed E-state index contributed by atoms with van der Waals surface area (Å²) < 4.78 is 78.9. The normalized spacial score (nSPS) is 12.0. The van der Waals surface area contributed by atoms with Gasteiger partial charge in [-0.25, -0.2) is 18.2 Å². The van der Waals surface area contributed by atoms with Crippen molar-refractivity contribution in [3.63, 3.8) is 0 Å². The Kier molecular flexibility index (Phi) is 3.30. The smallest absolute Gasteiger partial charge is 0.419 e. The van der Waals surface area contributed by atoms with Gasteiger partial charge in [-0.3, -0.25) is 0 Å². The van der Waals surface area contributed by atoms with E-state index in [9.17, 15) is 26.3 Å². The average Bonchev–Trinajstić information content (AvgIpc) is 2.15. The Bertz CT molecular complexity index is 389. The molecular formula is C8H5F6NO. The first kappa shape index (κ1) is 12.6. The van der Waals surface area contributed by atoms with Gasteiger partial charge in [-0.05, 0) is 0 Å². The van der Waals surface area contributed by atoms with Crippen molar-refractivity contribution in [2.45, 2.75) is 12.6 Å². The SMILES string of the molecule is COc1ncc(F)c(C(F)(F)F)c1C(F)F. The number of methoxy groups -OCH3 is 1. The van der Waals surface area contributed by atoms with E-state index in [2.05, 4.69) is 9.72 Å². The maximum absolute atomic E-state index is 12.9. The van der Waals surface area contributed by atoms with Crippen LogP contribution < -0.4 is 4.74 Å². The molecule has 1 aromatic heterocycles. The number of rotatable bonds is 2. The van der Waals surface area contributed by atoms with E-state index in [0.717, 1.165) is 7.11 Å². The summed E-state index contributed by atoms with van der Waals surface area (Å²) in [7, 11) is 0.867. The zero-order chi connectivity index (χ0) is 12.5. The minimum absolute atomic E-state index is 0.188. The fourth-order valence-corrected chi connectivity index (χ4v) is 1.14. The lowest BCUT2D eigenvalue weighted by Crippen LogP contribution is -2.14. The summed E-state index contributed by atoms with van der Waals surface area (Å²) in [5.74, 6) is -2.80. The highest BCUT2D eigenvalue weighted by Gasteiger charge is 2.41. The molecule has 0 radical (unpaired) electrons. The Morgan fingerprint density at radius 3 is 2.25 bits per heavy atom. The molecule has 1 aromatic rings. The number of aromatic nitrogens is 1. The minimum atomic E-state index is -5.23. The van der Waals surface area contributed by atoms with Crippen molar-refractivity contribution in [2.75, 3.05) is 7.11 Å². The van der Waals surface area contributed by atoms with Crippen LogP contribution in [0.4, 0.5) is 26.3 Å². The van der Waals surface area contributed by atoms with E-state index in [4.69, 9.17) is 0 Å². The van der Waals surface area contributed by atoms with Crippen LogP contribution in [0, 0.1) is 5.82 Å². The average molecular weight is 245 g/mol. The molecule has 90 valence electrons. The van der Waals surface area contributed by atoms with Crippen LogP contribution in [0.5, 0.6) is 5.88 Å². The molecule has 2 nitrogen and oxygen atoms in total. The lowest BCUT2D eigenvalue weighted by molar-refractivity contribution is -0.142. The molecule has 0 spiro atoms. The van der Waals surface area contributed by atoms with Gasteiger partial charge in [0.15, 0.2) is 5.82 Å². The highest BCUT2D eigenvalue weighted by molar-refractivity contribution is 5.38. The van der Waals surface area contributed by atoms with E-state index < -0.39 is 35.4 Å². The minimum Gasteiger partial charge on any atom is -0.481 e. The summed E-state index contributed by atoms with van der Waals surface area (Å²) in [6.45, 7) is 0. The zero-order valence-electron chi connectivity index (χ0n) is 7.78. The van der Waals surface area contributed by atoms with Crippen molar-refractivity contribution >= 4 is 0 Å². The van der Waals surface area contributed by atoms with E-state index in [1.807, 2.05) is 0 Å². The third kappa shape index (κ3) is 2.20. The van der Waals surface area contributed by atoms with Crippen molar-refractivity contribution in [3.8, 4) is 5.88 Å². The van der Waals surface area contributed by atoms with E-state index >= 15 is 0 Å². The molecular weight excluding hydrogens is 240 g/mol. The van der Waals surface area contributed by atoms with E-state index in [1.54, 1.807) is 0 Å². The van der Waals surface area contributed by atoms with Gasteiger partial charge in [0.1, 0.15) is 5.56 Å². The lowest BCUT2D eigenvalue weighted by Gasteiger charge is -2.15. The predicted octanol–water partition coefficient (Wildman–Crippen LogP) is 3.19. The summed E-state index contributed by atoms with van der Waals surface area (Å²) in [6, 6.07) is 0. The van der Waals surface area contributed by atoms with Crippen molar-refractivity contribution in [1.29, 1.82) is 0 Å². The number of ether oxygens (including phenoxy) is 1. The maximum atomic E-state index is 12.9. The summed E-state index contributed by atoms with van der Waals surface area (Å²) in [5.41, 5.74) is -3.63. The molecule has 0 aliphatic carbocycles. The first-order chi connectivity index (χ1) is 7.29. The molecule has 0 unspecified atom stereocenters. The lowest BCUT2D eigenvalue weighted by atomic mass is 10.1. The van der Waals surface area contributed by atoms with E-state index in [-0.39, 0.29) is 6.20 Å². The summed E-state index contributed by atoms with van der Waals surface area (Å²) in [5, 5.41) is 0. The standard InChI is InChI=1S/C8H5F6NO/c1-16-7-4(6(10)11)5(8(12,13)14)3(9)2-15-7/h2,6H,1H3. The number of hydrogen-bond acceptors (Lipinski definition) is 2. The Hall–Kier alpha value is -1.47. The Balaban J connectivity index is 3.55. The molecule has 0 atom stereocenters. The molecule has 0 saturated carbocycles. The molecule has 0 N–H and O–H groups in total. The quantitative estimate of drug-likeness (QED) is 0.746. The van der Waals surface area contributed by atoms with Crippen LogP contribution in [-0.2, 0) is 6.18 Å². The number of nitrogens with zero attached hydrogens (tertiary/aromatic N) is 1.